The van der Waals surface area contributed by atoms with Crippen molar-refractivity contribution < 1.29 is 4.52 Å². The molecule has 2 atom stereocenters. The number of hydrogen-bond acceptors (Lipinski definition) is 2. The van der Waals surface area contributed by atoms with Gasteiger partial charge in [-0.15, -0.1) is 0 Å². The molecule has 0 saturated heterocycles. The minimum absolute atomic E-state index is 0.499. The van der Waals surface area contributed by atoms with E-state index >= 15 is 0 Å². The van der Waals surface area contributed by atoms with Gasteiger partial charge in [-0.1, -0.05) is 19.0 Å². The van der Waals surface area contributed by atoms with Crippen molar-refractivity contribution in [1.29, 1.82) is 0 Å². The maximum atomic E-state index is 5.01. The quantitative estimate of drug-likeness (QED) is 0.586. The minimum Gasteiger partial charge on any atom is -0.364 e. The van der Waals surface area contributed by atoms with Crippen molar-refractivity contribution in [3.05, 3.63) is 17.5 Å². The molecule has 0 unspecified atom stereocenters. The van der Waals surface area contributed by atoms with Crippen LogP contribution in [0.25, 0.3) is 0 Å². The van der Waals surface area contributed by atoms with E-state index in [1.165, 1.54) is 17.7 Å². The zero-order chi connectivity index (χ0) is 8.34. The van der Waals surface area contributed by atoms with Crippen LogP contribution in [-0.2, 0) is 6.42 Å². The van der Waals surface area contributed by atoms with Crippen LogP contribution in [0.2, 0.25) is 0 Å². The van der Waals surface area contributed by atoms with Crippen LogP contribution >= 0.6 is 0 Å². The number of aromatic nitrogens is 1. The highest BCUT2D eigenvalue weighted by Crippen LogP contribution is 2.61. The molecule has 1 aromatic rings. The monoisotopic (exact) mass is 163 g/mol. The smallest absolute Gasteiger partial charge is 0.127 e. The second kappa shape index (κ2) is 1.76. The van der Waals surface area contributed by atoms with Gasteiger partial charge in [0.25, 0.3) is 0 Å². The van der Waals surface area contributed by atoms with Crippen LogP contribution in [0.15, 0.2) is 10.8 Å². The van der Waals surface area contributed by atoms with Gasteiger partial charge in [-0.25, -0.2) is 0 Å². The fourth-order valence-corrected chi connectivity index (χ4v) is 2.83. The molecule has 2 bridgehead atoms. The first-order valence-corrected chi connectivity index (χ1v) is 4.62. The van der Waals surface area contributed by atoms with E-state index in [-0.39, 0.29) is 0 Å². The Morgan fingerprint density at radius 3 is 3.17 bits per heavy atom. The van der Waals surface area contributed by atoms with E-state index in [0.717, 1.165) is 18.3 Å². The molecule has 0 N–H and O–H groups in total. The van der Waals surface area contributed by atoms with Crippen molar-refractivity contribution >= 4 is 0 Å². The van der Waals surface area contributed by atoms with Gasteiger partial charge < -0.3 is 4.52 Å². The molecular formula is C10H13NO. The summed E-state index contributed by atoms with van der Waals surface area (Å²) in [6.45, 7) is 4.73. The highest BCUT2D eigenvalue weighted by Gasteiger charge is 2.53. The van der Waals surface area contributed by atoms with E-state index < -0.39 is 0 Å². The SMILES string of the molecule is CC1(C)[C@H]2Cc3nocc3[C@H]1C2. The summed E-state index contributed by atoms with van der Waals surface area (Å²) in [5.74, 6) is 1.57. The second-order valence-electron chi connectivity index (χ2n) is 4.73. The summed E-state index contributed by atoms with van der Waals surface area (Å²) in [4.78, 5) is 0. The Morgan fingerprint density at radius 2 is 2.42 bits per heavy atom. The lowest BCUT2D eigenvalue weighted by atomic mass is 9.48. The van der Waals surface area contributed by atoms with E-state index in [4.69, 9.17) is 4.52 Å². The number of nitrogens with zero attached hydrogens (tertiary/aromatic N) is 1. The lowest BCUT2D eigenvalue weighted by Crippen LogP contribution is -2.47. The molecule has 4 rings (SSSR count). The summed E-state index contributed by atoms with van der Waals surface area (Å²) in [7, 11) is 0. The van der Waals surface area contributed by atoms with Crippen LogP contribution in [0.3, 0.4) is 0 Å². The van der Waals surface area contributed by atoms with E-state index in [1.54, 1.807) is 0 Å². The molecule has 0 radical (unpaired) electrons. The summed E-state index contributed by atoms with van der Waals surface area (Å²) >= 11 is 0. The van der Waals surface area contributed by atoms with Crippen molar-refractivity contribution in [3.8, 4) is 0 Å². The van der Waals surface area contributed by atoms with Gasteiger partial charge in [-0.2, -0.15) is 0 Å². The molecule has 1 fully saturated rings. The summed E-state index contributed by atoms with van der Waals surface area (Å²) < 4.78 is 5.01. The van der Waals surface area contributed by atoms with Crippen LogP contribution < -0.4 is 0 Å². The molecule has 0 aliphatic heterocycles. The standard InChI is InChI=1S/C10H13NO/c1-10(2)6-3-8(10)7-5-12-11-9(7)4-6/h5-6,8H,3-4H2,1-2H3/t6-,8-/m1/s1. The van der Waals surface area contributed by atoms with Crippen molar-refractivity contribution in [3.63, 3.8) is 0 Å². The minimum atomic E-state index is 0.499. The van der Waals surface area contributed by atoms with Crippen molar-refractivity contribution in [2.24, 2.45) is 11.3 Å². The molecule has 0 amide bonds. The normalized spacial score (nSPS) is 35.5. The Balaban J connectivity index is 2.13. The lowest BCUT2D eigenvalue weighted by Gasteiger charge is -2.55. The van der Waals surface area contributed by atoms with Gasteiger partial charge in [0.2, 0.25) is 0 Å². The molecule has 2 nitrogen and oxygen atoms in total. The lowest BCUT2D eigenvalue weighted by molar-refractivity contribution is 0.0178. The Bertz CT molecular complexity index is 326. The van der Waals surface area contributed by atoms with Gasteiger partial charge >= 0.3 is 0 Å². The maximum Gasteiger partial charge on any atom is 0.127 e. The molecule has 3 aliphatic rings. The first kappa shape index (κ1) is 6.70. The Hall–Kier alpha value is -0.790. The van der Waals surface area contributed by atoms with Gasteiger partial charge in [0.15, 0.2) is 0 Å². The maximum absolute atomic E-state index is 5.01. The predicted molar refractivity (Wildman–Crippen MR) is 44.8 cm³/mol. The van der Waals surface area contributed by atoms with Gasteiger partial charge in [-0.3, -0.25) is 0 Å². The molecule has 3 aliphatic carbocycles. The van der Waals surface area contributed by atoms with Crippen molar-refractivity contribution in [2.75, 3.05) is 0 Å². The first-order valence-electron chi connectivity index (χ1n) is 4.62. The molecule has 1 saturated carbocycles. The van der Waals surface area contributed by atoms with Gasteiger partial charge in [-0.05, 0) is 30.1 Å². The molecule has 0 aromatic carbocycles. The molecule has 0 spiro atoms. The van der Waals surface area contributed by atoms with E-state index in [0.29, 0.717) is 5.41 Å². The van der Waals surface area contributed by atoms with Crippen molar-refractivity contribution in [1.82, 2.24) is 5.16 Å². The highest BCUT2D eigenvalue weighted by molar-refractivity contribution is 5.32. The Morgan fingerprint density at radius 1 is 1.58 bits per heavy atom. The molecule has 1 heterocycles. The summed E-state index contributed by atoms with van der Waals surface area (Å²) in [5, 5.41) is 4.03. The molecule has 1 aromatic heterocycles. The van der Waals surface area contributed by atoms with E-state index in [9.17, 15) is 0 Å². The zero-order valence-corrected chi connectivity index (χ0v) is 7.50. The van der Waals surface area contributed by atoms with Gasteiger partial charge in [0, 0.05) is 5.56 Å². The average Bonchev–Trinajstić information content (AvgIpc) is 2.49. The average molecular weight is 163 g/mol. The third-order valence-electron chi connectivity index (χ3n) is 3.96. The summed E-state index contributed by atoms with van der Waals surface area (Å²) in [6.07, 6.45) is 4.33. The molecule has 64 valence electrons. The Kier molecular flexibility index (Phi) is 0.980. The number of hydrogen-bond donors (Lipinski definition) is 0. The van der Waals surface area contributed by atoms with Crippen LogP contribution in [-0.4, -0.2) is 5.16 Å². The number of rotatable bonds is 0. The van der Waals surface area contributed by atoms with Gasteiger partial charge in [0.1, 0.15) is 6.26 Å². The predicted octanol–water partition coefficient (Wildman–Crippen LogP) is 2.36. The second-order valence-corrected chi connectivity index (χ2v) is 4.73. The van der Waals surface area contributed by atoms with Gasteiger partial charge in [0.05, 0.1) is 5.69 Å². The molecule has 12 heavy (non-hydrogen) atoms. The fraction of sp³-hybridized carbons (Fsp3) is 0.700. The molecule has 2 heteroatoms. The van der Waals surface area contributed by atoms with E-state index in [1.807, 2.05) is 6.26 Å². The highest BCUT2D eigenvalue weighted by atomic mass is 16.5. The summed E-state index contributed by atoms with van der Waals surface area (Å²) in [5.41, 5.74) is 3.09. The van der Waals surface area contributed by atoms with Crippen LogP contribution in [0.5, 0.6) is 0 Å². The first-order chi connectivity index (χ1) is 5.69. The third kappa shape index (κ3) is 0.563. The van der Waals surface area contributed by atoms with Crippen LogP contribution in [0.1, 0.15) is 37.4 Å². The molecular weight excluding hydrogens is 150 g/mol. The van der Waals surface area contributed by atoms with Crippen molar-refractivity contribution in [2.45, 2.75) is 32.6 Å². The Labute approximate surface area is 71.9 Å². The zero-order valence-electron chi connectivity index (χ0n) is 7.50. The van der Waals surface area contributed by atoms with E-state index in [2.05, 4.69) is 19.0 Å². The van der Waals surface area contributed by atoms with Crippen LogP contribution in [0, 0.1) is 11.3 Å². The largest absolute Gasteiger partial charge is 0.364 e. The fourth-order valence-electron chi connectivity index (χ4n) is 2.83. The summed E-state index contributed by atoms with van der Waals surface area (Å²) in [6, 6.07) is 0. The third-order valence-corrected chi connectivity index (χ3v) is 3.96. The topological polar surface area (TPSA) is 26.0 Å². The van der Waals surface area contributed by atoms with Crippen LogP contribution in [0.4, 0.5) is 0 Å².